The van der Waals surface area contributed by atoms with Crippen LogP contribution in [0.1, 0.15) is 63.5 Å². The summed E-state index contributed by atoms with van der Waals surface area (Å²) in [6.07, 6.45) is 35.0. The average Bonchev–Trinajstić information content (AvgIpc) is 3.67. The summed E-state index contributed by atoms with van der Waals surface area (Å²) in [6, 6.07) is 9.34. The molecular weight excluding hydrogens is 737 g/mol. The van der Waals surface area contributed by atoms with Crippen LogP contribution in [0.3, 0.4) is 0 Å². The number of ether oxygens (including phenoxy) is 1. The second kappa shape index (κ2) is 17.3. The minimum absolute atomic E-state index is 0. The molecule has 2 saturated carbocycles. The molecule has 0 saturated heterocycles. The van der Waals surface area contributed by atoms with Gasteiger partial charge in [0, 0.05) is 31.3 Å². The summed E-state index contributed by atoms with van der Waals surface area (Å²) >= 11 is -0.826. The molecule has 6 aliphatic rings. The van der Waals surface area contributed by atoms with Gasteiger partial charge in [0.05, 0.1) is 13.7 Å². The Hall–Kier alpha value is -0.900. The van der Waals surface area contributed by atoms with Crippen molar-refractivity contribution in [3.8, 4) is 0 Å². The van der Waals surface area contributed by atoms with E-state index in [0.29, 0.717) is 47.5 Å². The normalized spacial score (nSPS) is 33.5. The number of fused-ring (bicyclic) bond motifs is 8. The fourth-order valence-corrected chi connectivity index (χ4v) is 17.9. The van der Waals surface area contributed by atoms with E-state index >= 15 is 0 Å². The monoisotopic (exact) mass is 795 g/mol. The van der Waals surface area contributed by atoms with E-state index in [2.05, 4.69) is 137 Å². The van der Waals surface area contributed by atoms with Crippen molar-refractivity contribution < 1.29 is 25.6 Å². The van der Waals surface area contributed by atoms with Crippen LogP contribution in [0.2, 0.25) is 23.7 Å². The van der Waals surface area contributed by atoms with Crippen LogP contribution >= 0.6 is 17.0 Å². The Labute approximate surface area is 319 Å². The summed E-state index contributed by atoms with van der Waals surface area (Å²) in [7, 11) is 10.4. The van der Waals surface area contributed by atoms with Crippen LogP contribution in [0.5, 0.6) is 0 Å². The number of hydrogen-bond donors (Lipinski definition) is 0. The summed E-state index contributed by atoms with van der Waals surface area (Å²) in [6.45, 7) is 12.6. The Bertz CT molecular complexity index is 1410. The Morgan fingerprint density at radius 3 is 1.78 bits per heavy atom. The standard InChI is InChI=1S/C41H55NOSi.2CH3.2ClH.Zr/c1-28-23-24-36-35(27-28)37-31-19-11-14-22-34(31)40(38(37)42(36)5)44(6,26-16-8-7-15-25-43-41(2,3)4)39-32-20-12-9-17-29(32)30-18-10-13-21-33(30)39;;;;;/h9-14,17-24,27,29-34,37-40H,7-8,15-16,25-26H2,1-6H3;2*1H3;2*1H;/q;2*-1;;;+4/p-2. The van der Waals surface area contributed by atoms with Gasteiger partial charge >= 0.3 is 37.9 Å². The van der Waals surface area contributed by atoms with Gasteiger partial charge in [-0.2, -0.15) is 0 Å². The van der Waals surface area contributed by atoms with E-state index in [9.17, 15) is 0 Å². The number of hydrogen-bond acceptors (Lipinski definition) is 2. The SMILES string of the molecule is Cc1ccc2c(c1)C1C3C=CC=CC3C([Si](C)(CCCCCCOC(C)(C)C)C3C4C=CC=CC4C4C=CC=CC43)C1N2C.[CH3-].[CH3-].[Cl][Zr+2][Cl]. The van der Waals surface area contributed by atoms with Gasteiger partial charge in [-0.1, -0.05) is 122 Å². The molecule has 1 aliphatic heterocycles. The Morgan fingerprint density at radius 1 is 0.735 bits per heavy atom. The first kappa shape index (κ1) is 40.9. The van der Waals surface area contributed by atoms with Crippen molar-refractivity contribution in [1.82, 2.24) is 0 Å². The number of likely N-dealkylation sites (N-methyl/N-ethyl adjacent to an activating group) is 1. The Balaban J connectivity index is 0.00000104. The molecule has 1 aromatic rings. The molecule has 0 spiro atoms. The van der Waals surface area contributed by atoms with E-state index < -0.39 is 28.9 Å². The molecule has 6 heteroatoms. The molecule has 0 bridgehead atoms. The number of halogens is 2. The van der Waals surface area contributed by atoms with Crippen molar-refractivity contribution >= 4 is 30.8 Å². The average molecular weight is 798 g/mol. The van der Waals surface area contributed by atoms with Crippen LogP contribution in [0.15, 0.2) is 91.1 Å². The molecule has 10 atom stereocenters. The molecule has 0 radical (unpaired) electrons. The number of rotatable bonds is 9. The van der Waals surface area contributed by atoms with E-state index in [0.717, 1.165) is 17.7 Å². The van der Waals surface area contributed by atoms with Crippen LogP contribution in [-0.2, 0) is 25.6 Å². The molecule has 2 fully saturated rings. The molecule has 49 heavy (non-hydrogen) atoms. The number of benzene rings is 1. The minimum atomic E-state index is -1.92. The van der Waals surface area contributed by atoms with Crippen LogP contribution in [-0.4, -0.2) is 33.4 Å². The molecule has 0 aromatic heterocycles. The van der Waals surface area contributed by atoms with E-state index in [1.165, 1.54) is 43.0 Å². The fraction of sp³-hybridized carbons (Fsp3) is 0.535. The summed E-state index contributed by atoms with van der Waals surface area (Å²) < 4.78 is 6.08. The molecule has 1 aromatic carbocycles. The summed E-state index contributed by atoms with van der Waals surface area (Å²) in [5.74, 6) is 4.48. The van der Waals surface area contributed by atoms with Crippen molar-refractivity contribution in [3.63, 3.8) is 0 Å². The van der Waals surface area contributed by atoms with Crippen LogP contribution in [0.25, 0.3) is 0 Å². The van der Waals surface area contributed by atoms with Gasteiger partial charge in [-0.25, -0.2) is 0 Å². The molecule has 5 aliphatic carbocycles. The fourth-order valence-electron chi connectivity index (χ4n) is 11.0. The third kappa shape index (κ3) is 8.05. The molecule has 0 amide bonds. The van der Waals surface area contributed by atoms with E-state index in [-0.39, 0.29) is 20.5 Å². The number of unbranched alkanes of at least 4 members (excludes halogenated alkanes) is 3. The molecule has 0 N–H and O–H groups in total. The zero-order chi connectivity index (χ0) is 33.3. The van der Waals surface area contributed by atoms with Gasteiger partial charge in [-0.3, -0.25) is 0 Å². The first-order chi connectivity index (χ1) is 22.6. The topological polar surface area (TPSA) is 12.5 Å². The van der Waals surface area contributed by atoms with Gasteiger partial charge in [-0.05, 0) is 92.3 Å². The van der Waals surface area contributed by atoms with E-state index in [1.54, 1.807) is 5.56 Å². The van der Waals surface area contributed by atoms with Crippen molar-refractivity contribution in [3.05, 3.63) is 117 Å². The van der Waals surface area contributed by atoms with Crippen molar-refractivity contribution in [1.29, 1.82) is 0 Å². The van der Waals surface area contributed by atoms with Gasteiger partial charge in [0.25, 0.3) is 0 Å². The summed E-state index contributed by atoms with van der Waals surface area (Å²) in [5, 5.41) is 0. The Kier molecular flexibility index (Phi) is 14.4. The first-order valence-electron chi connectivity index (χ1n) is 18.1. The zero-order valence-corrected chi connectivity index (χ0v) is 36.3. The predicted molar refractivity (Wildman–Crippen MR) is 215 cm³/mol. The number of anilines is 1. The second-order valence-electron chi connectivity index (χ2n) is 16.2. The molecule has 1 heterocycles. The van der Waals surface area contributed by atoms with Crippen molar-refractivity contribution in [2.45, 2.75) is 94.6 Å². The number of allylic oxidation sites excluding steroid dienone is 12. The maximum absolute atomic E-state index is 6.08. The molecule has 266 valence electrons. The van der Waals surface area contributed by atoms with Crippen molar-refractivity contribution in [2.24, 2.45) is 35.5 Å². The quantitative estimate of drug-likeness (QED) is 0.140. The summed E-state index contributed by atoms with van der Waals surface area (Å²) in [5.41, 5.74) is 5.99. The first-order valence-corrected chi connectivity index (χ1v) is 27.3. The summed E-state index contributed by atoms with van der Waals surface area (Å²) in [4.78, 5) is 2.76. The van der Waals surface area contributed by atoms with Crippen molar-refractivity contribution in [2.75, 3.05) is 18.6 Å². The molecule has 2 nitrogen and oxygen atoms in total. The molecule has 7 rings (SSSR count). The van der Waals surface area contributed by atoms with E-state index in [1.807, 2.05) is 0 Å². The van der Waals surface area contributed by atoms with Gasteiger partial charge in [-0.15, -0.1) is 0 Å². The van der Waals surface area contributed by atoms with Crippen LogP contribution in [0, 0.1) is 57.3 Å². The number of nitrogens with zero attached hydrogens (tertiary/aromatic N) is 1. The Morgan fingerprint density at radius 2 is 1.22 bits per heavy atom. The van der Waals surface area contributed by atoms with Gasteiger partial charge in [0.1, 0.15) is 0 Å². The van der Waals surface area contributed by atoms with Crippen LogP contribution in [0.4, 0.5) is 5.69 Å². The maximum atomic E-state index is 6.08. The third-order valence-electron chi connectivity index (χ3n) is 12.5. The molecule has 10 unspecified atom stereocenters. The zero-order valence-electron chi connectivity index (χ0n) is 31.3. The van der Waals surface area contributed by atoms with Gasteiger partial charge in [0.15, 0.2) is 0 Å². The van der Waals surface area contributed by atoms with Gasteiger partial charge < -0.3 is 24.5 Å². The predicted octanol–water partition coefficient (Wildman–Crippen LogP) is 12.5. The van der Waals surface area contributed by atoms with E-state index in [4.69, 9.17) is 21.8 Å². The molecular formula is C43H61Cl2NOSiZr. The third-order valence-corrected chi connectivity index (χ3v) is 18.5. The van der Waals surface area contributed by atoms with Gasteiger partial charge in [0.2, 0.25) is 0 Å². The number of aryl methyl sites for hydroxylation is 1. The van der Waals surface area contributed by atoms with Crippen LogP contribution < -0.4 is 4.90 Å². The second-order valence-corrected chi connectivity index (χ2v) is 24.8.